The second-order valence-corrected chi connectivity index (χ2v) is 11.2. The lowest BCUT2D eigenvalue weighted by atomic mass is 10.1. The molecule has 3 aromatic carbocycles. The molecule has 0 heterocycles. The van der Waals surface area contributed by atoms with Crippen LogP contribution in [-0.2, 0) is 11.3 Å². The highest BCUT2D eigenvalue weighted by atomic mass is 16.6. The monoisotopic (exact) mass is 559 g/mol. The number of nitrogens with zero attached hydrogens (tertiary/aromatic N) is 2. The van der Waals surface area contributed by atoms with Crippen LogP contribution in [-0.4, -0.2) is 60.6 Å². The molecule has 0 unspecified atom stereocenters. The second kappa shape index (κ2) is 14.3. The van der Waals surface area contributed by atoms with E-state index in [1.807, 2.05) is 57.4 Å². The van der Waals surface area contributed by atoms with Gasteiger partial charge in [-0.2, -0.15) is 0 Å². The average Bonchev–Trinajstić information content (AvgIpc) is 2.89. The Labute approximate surface area is 242 Å². The maximum Gasteiger partial charge on any atom is 0.412 e. The number of hydrogen-bond donors (Lipinski definition) is 3. The zero-order chi connectivity index (χ0) is 30.0. The molecule has 9 heteroatoms. The fourth-order valence-electron chi connectivity index (χ4n) is 3.96. The van der Waals surface area contributed by atoms with Crippen LogP contribution in [0.2, 0.25) is 0 Å². The van der Waals surface area contributed by atoms with E-state index in [2.05, 4.69) is 20.9 Å². The summed E-state index contributed by atoms with van der Waals surface area (Å²) in [6.07, 6.45) is 0.219. The van der Waals surface area contributed by atoms with Crippen LogP contribution in [0.1, 0.15) is 48.7 Å². The van der Waals surface area contributed by atoms with Crippen molar-refractivity contribution in [2.75, 3.05) is 43.1 Å². The second-order valence-electron chi connectivity index (χ2n) is 11.2. The van der Waals surface area contributed by atoms with Gasteiger partial charge >= 0.3 is 12.1 Å². The minimum absolute atomic E-state index is 0.177. The molecule has 0 aliphatic heterocycles. The van der Waals surface area contributed by atoms with E-state index < -0.39 is 11.7 Å². The first-order chi connectivity index (χ1) is 19.4. The van der Waals surface area contributed by atoms with Gasteiger partial charge in [0.05, 0.1) is 11.4 Å². The molecule has 218 valence electrons. The number of aryl methyl sites for hydroxylation is 1. The minimum Gasteiger partial charge on any atom is -0.444 e. The molecular weight excluding hydrogens is 518 g/mol. The summed E-state index contributed by atoms with van der Waals surface area (Å²) in [5, 5.41) is 8.53. The van der Waals surface area contributed by atoms with Crippen LogP contribution in [0.25, 0.3) is 0 Å². The van der Waals surface area contributed by atoms with Gasteiger partial charge < -0.3 is 25.2 Å². The van der Waals surface area contributed by atoms with Crippen molar-refractivity contribution < 1.29 is 19.1 Å². The predicted molar refractivity (Wildman–Crippen MR) is 164 cm³/mol. The van der Waals surface area contributed by atoms with E-state index in [-0.39, 0.29) is 11.9 Å². The number of nitrogens with one attached hydrogen (secondary N) is 3. The molecule has 3 rings (SSSR count). The van der Waals surface area contributed by atoms with E-state index in [0.29, 0.717) is 30.0 Å². The standard InChI is InChI=1S/C32H41N5O4/c1-23-12-18-26(19-13-23)33-30(39)37(21-9-20-36(5)6)22-24-14-16-25(17-15-24)29(38)34-27-10-7-8-11-28(27)35-31(40)41-32(2,3)4/h7-8,10-19H,9,20-22H2,1-6H3,(H,33,39)(H,34,38)(H,35,40). The van der Waals surface area contributed by atoms with E-state index in [4.69, 9.17) is 4.74 Å². The number of para-hydroxylation sites is 2. The average molecular weight is 560 g/mol. The Kier molecular flexibility index (Phi) is 10.9. The molecule has 0 aliphatic carbocycles. The van der Waals surface area contributed by atoms with Gasteiger partial charge in [-0.1, -0.05) is 42.0 Å². The van der Waals surface area contributed by atoms with Crippen molar-refractivity contribution in [1.29, 1.82) is 0 Å². The Bertz CT molecular complexity index is 1320. The van der Waals surface area contributed by atoms with Gasteiger partial charge in [0, 0.05) is 24.3 Å². The topological polar surface area (TPSA) is 103 Å². The van der Waals surface area contributed by atoms with Gasteiger partial charge in [-0.3, -0.25) is 10.1 Å². The van der Waals surface area contributed by atoms with E-state index >= 15 is 0 Å². The lowest BCUT2D eigenvalue weighted by Gasteiger charge is -2.24. The largest absolute Gasteiger partial charge is 0.444 e. The van der Waals surface area contributed by atoms with Crippen LogP contribution >= 0.6 is 0 Å². The molecule has 0 radical (unpaired) electrons. The fraction of sp³-hybridized carbons (Fsp3) is 0.344. The highest BCUT2D eigenvalue weighted by Gasteiger charge is 2.18. The van der Waals surface area contributed by atoms with Crippen molar-refractivity contribution >= 4 is 35.1 Å². The zero-order valence-electron chi connectivity index (χ0n) is 24.8. The first-order valence-electron chi connectivity index (χ1n) is 13.7. The Morgan fingerprint density at radius 2 is 1.39 bits per heavy atom. The van der Waals surface area contributed by atoms with Crippen LogP contribution < -0.4 is 16.0 Å². The van der Waals surface area contributed by atoms with E-state index in [0.717, 1.165) is 29.8 Å². The van der Waals surface area contributed by atoms with E-state index in [1.165, 1.54) is 0 Å². The maximum atomic E-state index is 13.1. The summed E-state index contributed by atoms with van der Waals surface area (Å²) in [6, 6.07) is 21.6. The summed E-state index contributed by atoms with van der Waals surface area (Å²) in [5.74, 6) is -0.324. The van der Waals surface area contributed by atoms with Crippen molar-refractivity contribution in [3.63, 3.8) is 0 Å². The highest BCUT2D eigenvalue weighted by Crippen LogP contribution is 2.23. The number of carbonyl (C=O) groups is 3. The number of amides is 4. The van der Waals surface area contributed by atoms with Crippen molar-refractivity contribution in [3.8, 4) is 0 Å². The van der Waals surface area contributed by atoms with Crippen molar-refractivity contribution in [3.05, 3.63) is 89.5 Å². The molecule has 0 aromatic heterocycles. The maximum absolute atomic E-state index is 13.1. The van der Waals surface area contributed by atoms with Gasteiger partial charge in [-0.25, -0.2) is 9.59 Å². The van der Waals surface area contributed by atoms with Gasteiger partial charge in [0.1, 0.15) is 5.60 Å². The van der Waals surface area contributed by atoms with Crippen LogP contribution in [0.4, 0.5) is 26.7 Å². The summed E-state index contributed by atoms with van der Waals surface area (Å²) < 4.78 is 5.32. The van der Waals surface area contributed by atoms with E-state index in [1.54, 1.807) is 62.1 Å². The molecule has 4 amide bonds. The van der Waals surface area contributed by atoms with Gasteiger partial charge in [0.15, 0.2) is 0 Å². The third-order valence-corrected chi connectivity index (χ3v) is 6.02. The zero-order valence-corrected chi connectivity index (χ0v) is 24.8. The van der Waals surface area contributed by atoms with Crippen LogP contribution in [0.5, 0.6) is 0 Å². The van der Waals surface area contributed by atoms with Crippen molar-refractivity contribution in [1.82, 2.24) is 9.80 Å². The molecule has 3 aromatic rings. The molecule has 0 spiro atoms. The van der Waals surface area contributed by atoms with E-state index in [9.17, 15) is 14.4 Å². The SMILES string of the molecule is Cc1ccc(NC(=O)N(CCCN(C)C)Cc2ccc(C(=O)Nc3ccccc3NC(=O)OC(C)(C)C)cc2)cc1. The number of anilines is 3. The molecule has 0 aliphatic rings. The normalized spacial score (nSPS) is 11.1. The third kappa shape index (κ3) is 10.6. The number of rotatable bonds is 10. The number of carbonyl (C=O) groups excluding carboxylic acids is 3. The lowest BCUT2D eigenvalue weighted by Crippen LogP contribution is -2.36. The van der Waals surface area contributed by atoms with Crippen molar-refractivity contribution in [2.45, 2.75) is 46.3 Å². The number of hydrogen-bond acceptors (Lipinski definition) is 5. The van der Waals surface area contributed by atoms with Crippen LogP contribution in [0, 0.1) is 6.92 Å². The van der Waals surface area contributed by atoms with Crippen LogP contribution in [0.15, 0.2) is 72.8 Å². The predicted octanol–water partition coefficient (Wildman–Crippen LogP) is 6.58. The molecule has 0 fully saturated rings. The summed E-state index contributed by atoms with van der Waals surface area (Å²) in [5.41, 5.74) is 3.45. The summed E-state index contributed by atoms with van der Waals surface area (Å²) in [4.78, 5) is 42.3. The minimum atomic E-state index is -0.646. The molecule has 41 heavy (non-hydrogen) atoms. The smallest absolute Gasteiger partial charge is 0.412 e. The first kappa shape index (κ1) is 31.2. The Hall–Kier alpha value is -4.37. The summed E-state index contributed by atoms with van der Waals surface area (Å²) in [7, 11) is 4.01. The first-order valence-corrected chi connectivity index (χ1v) is 13.7. The van der Waals surface area contributed by atoms with Gasteiger partial charge in [0.2, 0.25) is 0 Å². The molecule has 9 nitrogen and oxygen atoms in total. The van der Waals surface area contributed by atoms with Gasteiger partial charge in [0.25, 0.3) is 5.91 Å². The van der Waals surface area contributed by atoms with Crippen LogP contribution in [0.3, 0.4) is 0 Å². The number of benzene rings is 3. The molecule has 0 saturated heterocycles. The quantitative estimate of drug-likeness (QED) is 0.260. The Balaban J connectivity index is 1.67. The lowest BCUT2D eigenvalue weighted by molar-refractivity contribution is 0.0635. The molecular formula is C32H41N5O4. The highest BCUT2D eigenvalue weighted by molar-refractivity contribution is 6.06. The fourth-order valence-corrected chi connectivity index (χ4v) is 3.96. The van der Waals surface area contributed by atoms with Gasteiger partial charge in [-0.05, 0) is 96.7 Å². The van der Waals surface area contributed by atoms with Crippen molar-refractivity contribution in [2.24, 2.45) is 0 Å². The summed E-state index contributed by atoms with van der Waals surface area (Å²) in [6.45, 7) is 9.19. The number of ether oxygens (including phenoxy) is 1. The Morgan fingerprint density at radius 1 is 0.780 bits per heavy atom. The molecule has 0 atom stereocenters. The molecule has 0 saturated carbocycles. The summed E-state index contributed by atoms with van der Waals surface area (Å²) >= 11 is 0. The Morgan fingerprint density at radius 3 is 1.98 bits per heavy atom. The van der Waals surface area contributed by atoms with Gasteiger partial charge in [-0.15, -0.1) is 0 Å². The number of urea groups is 1. The molecule has 0 bridgehead atoms. The molecule has 3 N–H and O–H groups in total. The third-order valence-electron chi connectivity index (χ3n) is 6.02.